The maximum Gasteiger partial charge on any atom is 0.236 e. The minimum Gasteiger partial charge on any atom is -0.301 e. The third-order valence-electron chi connectivity index (χ3n) is 6.43. The largest absolute Gasteiger partial charge is 0.301 e. The van der Waals surface area contributed by atoms with Crippen molar-refractivity contribution in [2.24, 2.45) is 0 Å². The Kier molecular flexibility index (Phi) is 6.18. The highest BCUT2D eigenvalue weighted by Crippen LogP contribution is 2.33. The Morgan fingerprint density at radius 2 is 1.75 bits per heavy atom. The second-order valence-corrected chi connectivity index (χ2v) is 11.0. The van der Waals surface area contributed by atoms with E-state index in [0.29, 0.717) is 26.3 Å². The van der Waals surface area contributed by atoms with Crippen LogP contribution in [-0.2, 0) is 4.79 Å². The van der Waals surface area contributed by atoms with E-state index in [1.807, 2.05) is 59.2 Å². The third-order valence-corrected chi connectivity index (χ3v) is 8.29. The van der Waals surface area contributed by atoms with Crippen LogP contribution >= 0.6 is 23.1 Å². The van der Waals surface area contributed by atoms with E-state index in [0.717, 1.165) is 32.9 Å². The predicted octanol–water partition coefficient (Wildman–Crippen LogP) is 7.12. The smallest absolute Gasteiger partial charge is 0.236 e. The molecule has 7 nitrogen and oxygen atoms in total. The summed E-state index contributed by atoms with van der Waals surface area (Å²) in [6.45, 7) is 0. The Balaban J connectivity index is 1.24. The zero-order valence-electron chi connectivity index (χ0n) is 20.8. The Hall–Kier alpha value is -4.67. The lowest BCUT2D eigenvalue weighted by atomic mass is 10.1. The molecule has 0 fully saturated rings. The summed E-state index contributed by atoms with van der Waals surface area (Å²) in [5, 5.41) is 16.0. The molecular formula is C30H19FN6OS2. The van der Waals surface area contributed by atoms with Gasteiger partial charge in [0.25, 0.3) is 0 Å². The number of pyridine rings is 1. The van der Waals surface area contributed by atoms with Crippen molar-refractivity contribution in [1.82, 2.24) is 24.7 Å². The monoisotopic (exact) mass is 562 g/mol. The zero-order chi connectivity index (χ0) is 27.1. The van der Waals surface area contributed by atoms with Gasteiger partial charge in [-0.3, -0.25) is 14.3 Å². The molecule has 0 saturated heterocycles. The average molecular weight is 563 g/mol. The maximum absolute atomic E-state index is 13.6. The van der Waals surface area contributed by atoms with Gasteiger partial charge < -0.3 is 5.32 Å². The highest BCUT2D eigenvalue weighted by Gasteiger charge is 2.20. The first-order chi connectivity index (χ1) is 19.6. The van der Waals surface area contributed by atoms with Crippen molar-refractivity contribution in [3.8, 4) is 17.1 Å². The first kappa shape index (κ1) is 24.4. The van der Waals surface area contributed by atoms with E-state index in [1.54, 1.807) is 12.3 Å². The van der Waals surface area contributed by atoms with Gasteiger partial charge >= 0.3 is 0 Å². The van der Waals surface area contributed by atoms with Crippen LogP contribution < -0.4 is 5.32 Å². The van der Waals surface area contributed by atoms with E-state index >= 15 is 0 Å². The van der Waals surface area contributed by atoms with Gasteiger partial charge in [-0.25, -0.2) is 9.37 Å². The zero-order valence-corrected chi connectivity index (χ0v) is 22.4. The fraction of sp³-hybridized carbons (Fsp3) is 0.0333. The number of nitrogens with one attached hydrogen (secondary N) is 1. The van der Waals surface area contributed by atoms with Gasteiger partial charge in [0.1, 0.15) is 5.82 Å². The third kappa shape index (κ3) is 4.57. The number of thioether (sulfide) groups is 1. The van der Waals surface area contributed by atoms with Crippen molar-refractivity contribution in [2.75, 3.05) is 11.1 Å². The molecule has 1 amide bonds. The summed E-state index contributed by atoms with van der Waals surface area (Å²) in [4.78, 5) is 21.7. The Morgan fingerprint density at radius 3 is 2.70 bits per heavy atom. The van der Waals surface area contributed by atoms with Crippen molar-refractivity contribution in [1.29, 1.82) is 0 Å². The molecule has 0 saturated carbocycles. The Morgan fingerprint density at radius 1 is 0.900 bits per heavy atom. The van der Waals surface area contributed by atoms with E-state index < -0.39 is 0 Å². The van der Waals surface area contributed by atoms with E-state index in [9.17, 15) is 9.18 Å². The molecule has 7 aromatic rings. The van der Waals surface area contributed by atoms with Crippen LogP contribution in [0.2, 0.25) is 0 Å². The van der Waals surface area contributed by atoms with Gasteiger partial charge in [0.15, 0.2) is 16.1 Å². The van der Waals surface area contributed by atoms with Crippen LogP contribution in [0.5, 0.6) is 0 Å². The highest BCUT2D eigenvalue weighted by atomic mass is 32.2. The molecule has 0 bridgehead atoms. The molecule has 10 heteroatoms. The molecule has 0 atom stereocenters. The van der Waals surface area contributed by atoms with Gasteiger partial charge in [-0.05, 0) is 53.9 Å². The summed E-state index contributed by atoms with van der Waals surface area (Å²) < 4.78 is 16.2. The number of amides is 1. The number of halogens is 1. The van der Waals surface area contributed by atoms with Gasteiger partial charge in [0.05, 0.1) is 27.2 Å². The average Bonchev–Trinajstić information content (AvgIpc) is 3.58. The van der Waals surface area contributed by atoms with Gasteiger partial charge in [-0.2, -0.15) is 0 Å². The molecule has 0 aliphatic rings. The Bertz CT molecular complexity index is 2050. The molecule has 0 aliphatic carbocycles. The second-order valence-electron chi connectivity index (χ2n) is 9.02. The molecule has 7 rings (SSSR count). The summed E-state index contributed by atoms with van der Waals surface area (Å²) in [5.74, 6) is 0.179. The van der Waals surface area contributed by atoms with Gasteiger partial charge in [-0.15, -0.1) is 10.2 Å². The first-order valence-corrected chi connectivity index (χ1v) is 14.2. The minimum atomic E-state index is -0.337. The molecule has 1 N–H and O–H groups in total. The van der Waals surface area contributed by atoms with Crippen LogP contribution in [0.3, 0.4) is 0 Å². The molecule has 0 spiro atoms. The molecule has 4 aromatic carbocycles. The molecule has 0 radical (unpaired) electrons. The highest BCUT2D eigenvalue weighted by molar-refractivity contribution is 7.99. The number of rotatable bonds is 6. The fourth-order valence-corrected chi connectivity index (χ4v) is 6.27. The molecule has 40 heavy (non-hydrogen) atoms. The number of fused-ring (bicyclic) bond motifs is 3. The number of carbonyl (C=O) groups excluding carboxylic acids is 1. The summed E-state index contributed by atoms with van der Waals surface area (Å²) in [6, 6.07) is 28.5. The van der Waals surface area contributed by atoms with Crippen LogP contribution in [0, 0.1) is 5.82 Å². The van der Waals surface area contributed by atoms with Crippen LogP contribution in [0.25, 0.3) is 49.0 Å². The van der Waals surface area contributed by atoms with Crippen LogP contribution in [0.1, 0.15) is 0 Å². The molecule has 3 heterocycles. The summed E-state index contributed by atoms with van der Waals surface area (Å²) >= 11 is 2.52. The van der Waals surface area contributed by atoms with E-state index in [4.69, 9.17) is 0 Å². The molecular weight excluding hydrogens is 544 g/mol. The lowest BCUT2D eigenvalue weighted by molar-refractivity contribution is -0.113. The SMILES string of the molecule is O=C(CSc1nnc(-c2ccc3ncccc3c2)n1-c1cccc2ccccc12)Nc1nc2ccc(F)cc2s1. The number of anilines is 1. The number of benzene rings is 4. The van der Waals surface area contributed by atoms with E-state index in [1.165, 1.54) is 35.2 Å². The Labute approximate surface area is 235 Å². The predicted molar refractivity (Wildman–Crippen MR) is 159 cm³/mol. The quantitative estimate of drug-likeness (QED) is 0.217. The van der Waals surface area contributed by atoms with Gasteiger partial charge in [-0.1, -0.05) is 65.6 Å². The number of aromatic nitrogens is 5. The van der Waals surface area contributed by atoms with Crippen molar-refractivity contribution in [3.63, 3.8) is 0 Å². The minimum absolute atomic E-state index is 0.0921. The molecule has 0 unspecified atom stereocenters. The normalized spacial score (nSPS) is 11.4. The second kappa shape index (κ2) is 10.1. The van der Waals surface area contributed by atoms with Crippen molar-refractivity contribution in [2.45, 2.75) is 5.16 Å². The van der Waals surface area contributed by atoms with Crippen molar-refractivity contribution < 1.29 is 9.18 Å². The number of nitrogens with zero attached hydrogens (tertiary/aromatic N) is 5. The summed E-state index contributed by atoms with van der Waals surface area (Å²) in [5.41, 5.74) is 3.34. The fourth-order valence-electron chi connectivity index (χ4n) is 4.62. The maximum atomic E-state index is 13.6. The number of thiazole rings is 1. The molecule has 194 valence electrons. The summed E-state index contributed by atoms with van der Waals surface area (Å²) in [6.07, 6.45) is 1.77. The van der Waals surface area contributed by atoms with Gasteiger partial charge in [0, 0.05) is 22.5 Å². The number of carbonyl (C=O) groups is 1. The lowest BCUT2D eigenvalue weighted by Crippen LogP contribution is -2.14. The van der Waals surface area contributed by atoms with E-state index in [-0.39, 0.29) is 17.5 Å². The van der Waals surface area contributed by atoms with Crippen LogP contribution in [0.15, 0.2) is 102 Å². The standard InChI is InChI=1S/C30H19FN6OS2/c31-21-11-13-24-26(16-21)40-29(33-24)34-27(38)17-39-30-36-35-28(20-10-12-23-19(15-20)7-4-14-32-23)37(30)25-9-3-6-18-5-1-2-8-22(18)25/h1-16H,17H2,(H,33,34,38). The number of hydrogen-bond donors (Lipinski definition) is 1. The van der Waals surface area contributed by atoms with Crippen LogP contribution in [0.4, 0.5) is 9.52 Å². The molecule has 3 aromatic heterocycles. The molecule has 0 aliphatic heterocycles. The number of hydrogen-bond acceptors (Lipinski definition) is 7. The van der Waals surface area contributed by atoms with Gasteiger partial charge in [0.2, 0.25) is 5.91 Å². The van der Waals surface area contributed by atoms with E-state index in [2.05, 4.69) is 43.7 Å². The van der Waals surface area contributed by atoms with Crippen LogP contribution in [-0.4, -0.2) is 36.4 Å². The van der Waals surface area contributed by atoms with Crippen molar-refractivity contribution >= 4 is 66.0 Å². The topological polar surface area (TPSA) is 85.6 Å². The summed E-state index contributed by atoms with van der Waals surface area (Å²) in [7, 11) is 0. The first-order valence-electron chi connectivity index (χ1n) is 12.4. The lowest BCUT2D eigenvalue weighted by Gasteiger charge is -2.13. The van der Waals surface area contributed by atoms with Crippen molar-refractivity contribution in [3.05, 3.63) is 103 Å².